The van der Waals surface area contributed by atoms with Crippen LogP contribution in [0.15, 0.2) is 24.3 Å². The second-order valence-corrected chi connectivity index (χ2v) is 6.78. The number of carbonyl (C=O) groups is 1. The van der Waals surface area contributed by atoms with Crippen LogP contribution in [0.3, 0.4) is 0 Å². The highest BCUT2D eigenvalue weighted by Gasteiger charge is 2.24. The van der Waals surface area contributed by atoms with Crippen LogP contribution in [0.1, 0.15) is 36.7 Å². The van der Waals surface area contributed by atoms with Gasteiger partial charge in [-0.15, -0.1) is 0 Å². The quantitative estimate of drug-likeness (QED) is 0.767. The van der Waals surface area contributed by atoms with Crippen molar-refractivity contribution in [2.24, 2.45) is 0 Å². The summed E-state index contributed by atoms with van der Waals surface area (Å²) in [4.78, 5) is 12.2. The lowest BCUT2D eigenvalue weighted by Gasteiger charge is -2.22. The maximum Gasteiger partial charge on any atom is 0.192 e. The minimum absolute atomic E-state index is 0.114. The zero-order chi connectivity index (χ0) is 13.2. The molecule has 1 aliphatic rings. The van der Waals surface area contributed by atoms with Crippen molar-refractivity contribution < 1.29 is 9.53 Å². The van der Waals surface area contributed by atoms with Gasteiger partial charge < -0.3 is 4.74 Å². The zero-order valence-electron chi connectivity index (χ0n) is 11.2. The fourth-order valence-corrected chi connectivity index (χ4v) is 2.80. The number of thioether (sulfide) groups is 1. The molecule has 1 fully saturated rings. The van der Waals surface area contributed by atoms with Gasteiger partial charge in [0, 0.05) is 17.1 Å². The van der Waals surface area contributed by atoms with Crippen LogP contribution in [-0.2, 0) is 10.2 Å². The van der Waals surface area contributed by atoms with Crippen LogP contribution >= 0.6 is 11.8 Å². The molecule has 0 radical (unpaired) electrons. The average molecular weight is 264 g/mol. The molecule has 2 rings (SSSR count). The molecule has 0 N–H and O–H groups in total. The molecule has 0 amide bonds. The molecule has 3 heteroatoms. The summed E-state index contributed by atoms with van der Waals surface area (Å²) >= 11 is 1.79. The normalized spacial score (nSPS) is 20.7. The summed E-state index contributed by atoms with van der Waals surface area (Å²) in [6, 6.07) is 7.93. The van der Waals surface area contributed by atoms with Gasteiger partial charge in [0.05, 0.1) is 6.61 Å². The number of hydrogen-bond acceptors (Lipinski definition) is 3. The summed E-state index contributed by atoms with van der Waals surface area (Å²) in [6.45, 7) is 7.20. The maximum absolute atomic E-state index is 12.2. The van der Waals surface area contributed by atoms with Crippen LogP contribution < -0.4 is 0 Å². The first-order valence-electron chi connectivity index (χ1n) is 6.32. The number of rotatable bonds is 2. The van der Waals surface area contributed by atoms with Gasteiger partial charge in [-0.25, -0.2) is 0 Å². The molecule has 0 aromatic heterocycles. The Morgan fingerprint density at radius 2 is 1.94 bits per heavy atom. The van der Waals surface area contributed by atoms with Crippen molar-refractivity contribution in [3.63, 3.8) is 0 Å². The Kier molecular flexibility index (Phi) is 4.13. The summed E-state index contributed by atoms with van der Waals surface area (Å²) in [5, 5.41) is 0. The zero-order valence-corrected chi connectivity index (χ0v) is 12.0. The second-order valence-electron chi connectivity index (χ2n) is 5.63. The van der Waals surface area contributed by atoms with Crippen LogP contribution in [0.2, 0.25) is 0 Å². The molecule has 98 valence electrons. The largest absolute Gasteiger partial charge is 0.368 e. The van der Waals surface area contributed by atoms with Crippen LogP contribution in [0.5, 0.6) is 0 Å². The van der Waals surface area contributed by atoms with E-state index < -0.39 is 0 Å². The minimum Gasteiger partial charge on any atom is -0.368 e. The lowest BCUT2D eigenvalue weighted by atomic mass is 9.86. The first-order valence-corrected chi connectivity index (χ1v) is 7.48. The number of ketones is 1. The predicted octanol–water partition coefficient (Wildman–Crippen LogP) is 3.30. The molecule has 1 saturated heterocycles. The lowest BCUT2D eigenvalue weighted by molar-refractivity contribution is 0.0519. The van der Waals surface area contributed by atoms with E-state index >= 15 is 0 Å². The predicted molar refractivity (Wildman–Crippen MR) is 76.5 cm³/mol. The highest BCUT2D eigenvalue weighted by atomic mass is 32.2. The van der Waals surface area contributed by atoms with E-state index in [0.717, 1.165) is 17.1 Å². The third-order valence-electron chi connectivity index (χ3n) is 3.14. The summed E-state index contributed by atoms with van der Waals surface area (Å²) < 4.78 is 5.52. The molecular weight excluding hydrogens is 244 g/mol. The van der Waals surface area contributed by atoms with E-state index in [1.54, 1.807) is 11.8 Å². The molecule has 1 aromatic carbocycles. The summed E-state index contributed by atoms with van der Waals surface area (Å²) in [5.74, 6) is 1.88. The monoisotopic (exact) mass is 264 g/mol. The van der Waals surface area contributed by atoms with Gasteiger partial charge in [0.25, 0.3) is 0 Å². The Labute approximate surface area is 113 Å². The molecule has 1 unspecified atom stereocenters. The van der Waals surface area contributed by atoms with Crippen molar-refractivity contribution in [3.05, 3.63) is 35.4 Å². The van der Waals surface area contributed by atoms with E-state index in [9.17, 15) is 4.79 Å². The van der Waals surface area contributed by atoms with Gasteiger partial charge in [-0.05, 0) is 11.0 Å². The van der Waals surface area contributed by atoms with Gasteiger partial charge in [0.1, 0.15) is 6.10 Å². The molecule has 1 aromatic rings. The molecule has 1 atom stereocenters. The van der Waals surface area contributed by atoms with Gasteiger partial charge in [-0.3, -0.25) is 4.79 Å². The third-order valence-corrected chi connectivity index (χ3v) is 4.14. The number of carbonyl (C=O) groups excluding carboxylic acids is 1. The fourth-order valence-electron chi connectivity index (χ4n) is 1.96. The number of ether oxygens (including phenoxy) is 1. The van der Waals surface area contributed by atoms with Gasteiger partial charge >= 0.3 is 0 Å². The van der Waals surface area contributed by atoms with Crippen molar-refractivity contribution in [3.8, 4) is 0 Å². The lowest BCUT2D eigenvalue weighted by Crippen LogP contribution is -2.31. The van der Waals surface area contributed by atoms with Crippen LogP contribution in [0.4, 0.5) is 0 Å². The fraction of sp³-hybridized carbons (Fsp3) is 0.533. The molecule has 0 aliphatic carbocycles. The molecule has 1 heterocycles. The summed E-state index contributed by atoms with van der Waals surface area (Å²) in [7, 11) is 0. The molecule has 0 bridgehead atoms. The second kappa shape index (κ2) is 5.45. The highest BCUT2D eigenvalue weighted by Crippen LogP contribution is 2.23. The van der Waals surface area contributed by atoms with Gasteiger partial charge in [-0.1, -0.05) is 45.0 Å². The van der Waals surface area contributed by atoms with Crippen LogP contribution in [0, 0.1) is 0 Å². The Balaban J connectivity index is 2.11. The Morgan fingerprint density at radius 1 is 1.28 bits per heavy atom. The number of hydrogen-bond donors (Lipinski definition) is 0. The van der Waals surface area contributed by atoms with E-state index in [1.807, 2.05) is 24.3 Å². The first kappa shape index (κ1) is 13.6. The first-order chi connectivity index (χ1) is 8.48. The van der Waals surface area contributed by atoms with Crippen LogP contribution in [0.25, 0.3) is 0 Å². The SMILES string of the molecule is CC(C)(C)c1ccc(C(=O)C2CSCCO2)cc1. The molecule has 1 aliphatic heterocycles. The molecule has 0 spiro atoms. The number of benzene rings is 1. The van der Waals surface area contributed by atoms with Gasteiger partial charge in [0.15, 0.2) is 5.78 Å². The van der Waals surface area contributed by atoms with Crippen LogP contribution in [-0.4, -0.2) is 30.0 Å². The molecule has 2 nitrogen and oxygen atoms in total. The minimum atomic E-state index is -0.260. The van der Waals surface area contributed by atoms with Gasteiger partial charge in [0.2, 0.25) is 0 Å². The van der Waals surface area contributed by atoms with E-state index in [-0.39, 0.29) is 17.3 Å². The summed E-state index contributed by atoms with van der Waals surface area (Å²) in [6.07, 6.45) is -0.260. The van der Waals surface area contributed by atoms with Crippen molar-refractivity contribution in [1.29, 1.82) is 0 Å². The van der Waals surface area contributed by atoms with E-state index in [2.05, 4.69) is 20.8 Å². The van der Waals surface area contributed by atoms with E-state index in [1.165, 1.54) is 5.56 Å². The molecule has 0 saturated carbocycles. The van der Waals surface area contributed by atoms with E-state index in [0.29, 0.717) is 6.61 Å². The smallest absolute Gasteiger partial charge is 0.192 e. The Bertz CT molecular complexity index is 411. The Hall–Kier alpha value is -0.800. The van der Waals surface area contributed by atoms with Gasteiger partial charge in [-0.2, -0.15) is 11.8 Å². The third kappa shape index (κ3) is 3.15. The Morgan fingerprint density at radius 3 is 2.44 bits per heavy atom. The van der Waals surface area contributed by atoms with Crippen molar-refractivity contribution in [1.82, 2.24) is 0 Å². The maximum atomic E-state index is 12.2. The standard InChI is InChI=1S/C15H20O2S/c1-15(2,3)12-6-4-11(5-7-12)14(16)13-10-18-9-8-17-13/h4-7,13H,8-10H2,1-3H3. The highest BCUT2D eigenvalue weighted by molar-refractivity contribution is 7.99. The average Bonchev–Trinajstić information content (AvgIpc) is 2.38. The van der Waals surface area contributed by atoms with Crippen molar-refractivity contribution in [2.45, 2.75) is 32.3 Å². The topological polar surface area (TPSA) is 26.3 Å². The molecule has 18 heavy (non-hydrogen) atoms. The van der Waals surface area contributed by atoms with Crippen molar-refractivity contribution in [2.75, 3.05) is 18.1 Å². The van der Waals surface area contributed by atoms with Crippen molar-refractivity contribution >= 4 is 17.5 Å². The number of Topliss-reactive ketones (excluding diaryl/α,β-unsaturated/α-hetero) is 1. The van der Waals surface area contributed by atoms with E-state index in [4.69, 9.17) is 4.74 Å². The molecular formula is C15H20O2S. The summed E-state index contributed by atoms with van der Waals surface area (Å²) in [5.41, 5.74) is 2.13.